The van der Waals surface area contributed by atoms with Crippen molar-refractivity contribution in [2.75, 3.05) is 0 Å². The number of nitrogens with zero attached hydrogens (tertiary/aromatic N) is 1. The minimum absolute atomic E-state index is 0.331. The Morgan fingerprint density at radius 2 is 1.33 bits per heavy atom. The highest BCUT2D eigenvalue weighted by Gasteiger charge is 2.22. The van der Waals surface area contributed by atoms with E-state index >= 15 is 0 Å². The Bertz CT molecular complexity index is 716. The molecule has 1 heterocycles. The lowest BCUT2D eigenvalue weighted by atomic mass is 10.1. The summed E-state index contributed by atoms with van der Waals surface area (Å²) in [5.74, 6) is 2.89. The molecular weight excluding hydrogens is 218 g/mol. The third-order valence-corrected chi connectivity index (χ3v) is 3.49. The van der Waals surface area contributed by atoms with Gasteiger partial charge in [0.15, 0.2) is 0 Å². The van der Waals surface area contributed by atoms with Gasteiger partial charge in [0.05, 0.1) is 11.0 Å². The van der Waals surface area contributed by atoms with Gasteiger partial charge in [0.25, 0.3) is 0 Å². The highest BCUT2D eigenvalue weighted by molar-refractivity contribution is 6.08. The second-order valence-electron chi connectivity index (χ2n) is 5.07. The van der Waals surface area contributed by atoms with Crippen LogP contribution in [-0.2, 0) is 5.54 Å². The topological polar surface area (TPSA) is 4.93 Å². The van der Waals surface area contributed by atoms with Crippen molar-refractivity contribution in [3.63, 3.8) is 0 Å². The maximum Gasteiger partial charge on any atom is 0.100 e. The fourth-order valence-corrected chi connectivity index (χ4v) is 2.59. The van der Waals surface area contributed by atoms with Gasteiger partial charge in [-0.05, 0) is 26.0 Å². The van der Waals surface area contributed by atoms with Crippen molar-refractivity contribution >= 4 is 21.8 Å². The summed E-state index contributed by atoms with van der Waals surface area (Å²) in [5.41, 5.74) is 2.06. The first-order chi connectivity index (χ1) is 8.65. The fourth-order valence-electron chi connectivity index (χ4n) is 2.59. The van der Waals surface area contributed by atoms with Crippen molar-refractivity contribution in [1.29, 1.82) is 0 Å². The third-order valence-electron chi connectivity index (χ3n) is 3.49. The van der Waals surface area contributed by atoms with E-state index in [-0.39, 0.29) is 5.54 Å². The molecule has 88 valence electrons. The van der Waals surface area contributed by atoms with Crippen LogP contribution in [0, 0.1) is 12.3 Å². The number of para-hydroxylation sites is 2. The van der Waals surface area contributed by atoms with E-state index in [1.54, 1.807) is 0 Å². The molecule has 0 N–H and O–H groups in total. The van der Waals surface area contributed by atoms with Crippen LogP contribution in [0.2, 0.25) is 0 Å². The molecule has 0 radical (unpaired) electrons. The maximum atomic E-state index is 5.71. The van der Waals surface area contributed by atoms with Gasteiger partial charge in [0.1, 0.15) is 5.54 Å². The Balaban J connectivity index is 2.59. The van der Waals surface area contributed by atoms with Gasteiger partial charge < -0.3 is 4.57 Å². The van der Waals surface area contributed by atoms with E-state index in [9.17, 15) is 0 Å². The smallest absolute Gasteiger partial charge is 0.100 e. The van der Waals surface area contributed by atoms with Crippen molar-refractivity contribution in [3.05, 3.63) is 48.5 Å². The van der Waals surface area contributed by atoms with E-state index in [0.717, 1.165) is 0 Å². The van der Waals surface area contributed by atoms with E-state index in [2.05, 4.69) is 72.9 Å². The molecular formula is C17H15N. The number of benzene rings is 2. The molecule has 0 aliphatic carbocycles. The lowest BCUT2D eigenvalue weighted by Crippen LogP contribution is -2.23. The van der Waals surface area contributed by atoms with Gasteiger partial charge in [0, 0.05) is 10.8 Å². The second-order valence-corrected chi connectivity index (χ2v) is 5.07. The normalized spacial score (nSPS) is 11.8. The van der Waals surface area contributed by atoms with E-state index in [1.807, 2.05) is 0 Å². The summed E-state index contributed by atoms with van der Waals surface area (Å²) in [6.07, 6.45) is 5.71. The van der Waals surface area contributed by atoms with Crippen molar-refractivity contribution in [1.82, 2.24) is 4.57 Å². The Hall–Kier alpha value is -2.20. The molecule has 0 aliphatic heterocycles. The Morgan fingerprint density at radius 3 is 1.78 bits per heavy atom. The standard InChI is InChI=1S/C17H15N/c1-4-17(2,3)18-15-11-7-5-9-13(15)14-10-6-8-12-16(14)18/h1,5-12H,2-3H3. The van der Waals surface area contributed by atoms with Crippen LogP contribution in [0.5, 0.6) is 0 Å². The van der Waals surface area contributed by atoms with Gasteiger partial charge in [-0.15, -0.1) is 6.42 Å². The minimum atomic E-state index is -0.331. The first kappa shape index (κ1) is 10.9. The number of hydrogen-bond donors (Lipinski definition) is 0. The minimum Gasteiger partial charge on any atom is -0.324 e. The SMILES string of the molecule is C#CC(C)(C)n1c2ccccc2c2ccccc21. The maximum absolute atomic E-state index is 5.71. The van der Waals surface area contributed by atoms with Crippen molar-refractivity contribution in [2.24, 2.45) is 0 Å². The van der Waals surface area contributed by atoms with E-state index in [4.69, 9.17) is 6.42 Å². The molecule has 0 saturated carbocycles. The average Bonchev–Trinajstić information content (AvgIpc) is 2.74. The molecule has 1 heteroatoms. The summed E-state index contributed by atoms with van der Waals surface area (Å²) < 4.78 is 2.25. The number of aromatic nitrogens is 1. The number of hydrogen-bond acceptors (Lipinski definition) is 0. The molecule has 0 aliphatic rings. The van der Waals surface area contributed by atoms with Gasteiger partial charge in [-0.2, -0.15) is 0 Å². The molecule has 2 aromatic carbocycles. The molecule has 0 bridgehead atoms. The zero-order valence-electron chi connectivity index (χ0n) is 10.6. The molecule has 1 nitrogen and oxygen atoms in total. The van der Waals surface area contributed by atoms with Crippen LogP contribution in [0.25, 0.3) is 21.8 Å². The van der Waals surface area contributed by atoms with Crippen LogP contribution in [-0.4, -0.2) is 4.57 Å². The molecule has 18 heavy (non-hydrogen) atoms. The second kappa shape index (κ2) is 3.65. The van der Waals surface area contributed by atoms with E-state index in [1.165, 1.54) is 21.8 Å². The van der Waals surface area contributed by atoms with Crippen molar-refractivity contribution in [2.45, 2.75) is 19.4 Å². The van der Waals surface area contributed by atoms with Gasteiger partial charge >= 0.3 is 0 Å². The van der Waals surface area contributed by atoms with E-state index < -0.39 is 0 Å². The van der Waals surface area contributed by atoms with Crippen LogP contribution < -0.4 is 0 Å². The summed E-state index contributed by atoms with van der Waals surface area (Å²) in [6, 6.07) is 16.8. The molecule has 0 spiro atoms. The van der Waals surface area contributed by atoms with E-state index in [0.29, 0.717) is 0 Å². The summed E-state index contributed by atoms with van der Waals surface area (Å²) in [4.78, 5) is 0. The fraction of sp³-hybridized carbons (Fsp3) is 0.176. The van der Waals surface area contributed by atoms with Crippen LogP contribution in [0.3, 0.4) is 0 Å². The lowest BCUT2D eigenvalue weighted by Gasteiger charge is -2.23. The Labute approximate surface area is 107 Å². The summed E-state index contributed by atoms with van der Waals surface area (Å²) in [6.45, 7) is 4.15. The number of rotatable bonds is 1. The van der Waals surface area contributed by atoms with Gasteiger partial charge in [-0.1, -0.05) is 42.3 Å². The number of terminal acetylenes is 1. The van der Waals surface area contributed by atoms with Gasteiger partial charge in [0.2, 0.25) is 0 Å². The summed E-state index contributed by atoms with van der Waals surface area (Å²) in [7, 11) is 0. The Kier molecular flexibility index (Phi) is 2.21. The van der Waals surface area contributed by atoms with Crippen LogP contribution in [0.1, 0.15) is 13.8 Å². The molecule has 3 rings (SSSR count). The number of fused-ring (bicyclic) bond motifs is 3. The van der Waals surface area contributed by atoms with Crippen LogP contribution in [0.15, 0.2) is 48.5 Å². The van der Waals surface area contributed by atoms with Crippen LogP contribution >= 0.6 is 0 Å². The zero-order valence-corrected chi connectivity index (χ0v) is 10.6. The van der Waals surface area contributed by atoms with Gasteiger partial charge in [-0.3, -0.25) is 0 Å². The quantitative estimate of drug-likeness (QED) is 0.556. The van der Waals surface area contributed by atoms with Gasteiger partial charge in [-0.25, -0.2) is 0 Å². The highest BCUT2D eigenvalue weighted by Crippen LogP contribution is 2.33. The monoisotopic (exact) mass is 233 g/mol. The molecule has 0 saturated heterocycles. The molecule has 1 aromatic heterocycles. The molecule has 0 unspecified atom stereocenters. The highest BCUT2D eigenvalue weighted by atomic mass is 15.0. The Morgan fingerprint density at radius 1 is 0.889 bits per heavy atom. The average molecular weight is 233 g/mol. The first-order valence-corrected chi connectivity index (χ1v) is 6.11. The predicted octanol–water partition coefficient (Wildman–Crippen LogP) is 4.16. The predicted molar refractivity (Wildman–Crippen MR) is 77.6 cm³/mol. The molecule has 0 amide bonds. The van der Waals surface area contributed by atoms with Crippen molar-refractivity contribution in [3.8, 4) is 12.3 Å². The molecule has 0 fully saturated rings. The first-order valence-electron chi connectivity index (χ1n) is 6.11. The summed E-state index contributed by atoms with van der Waals surface area (Å²) >= 11 is 0. The third kappa shape index (κ3) is 1.36. The largest absolute Gasteiger partial charge is 0.324 e. The molecule has 0 atom stereocenters. The summed E-state index contributed by atoms with van der Waals surface area (Å²) in [5, 5.41) is 2.52. The van der Waals surface area contributed by atoms with Crippen LogP contribution in [0.4, 0.5) is 0 Å². The van der Waals surface area contributed by atoms with Crippen molar-refractivity contribution < 1.29 is 0 Å². The zero-order chi connectivity index (χ0) is 12.8. The lowest BCUT2D eigenvalue weighted by molar-refractivity contribution is 0.507. The molecule has 3 aromatic rings.